The van der Waals surface area contributed by atoms with Gasteiger partial charge in [0.05, 0.1) is 0 Å². The molecule has 1 fully saturated rings. The smallest absolute Gasteiger partial charge is 0.258 e. The summed E-state index contributed by atoms with van der Waals surface area (Å²) < 4.78 is 26.4. The van der Waals surface area contributed by atoms with E-state index < -0.39 is 15.8 Å². The molecule has 1 aliphatic heterocycles. The van der Waals surface area contributed by atoms with Gasteiger partial charge in [0.15, 0.2) is 0 Å². The largest absolute Gasteiger partial charge is 0.772 e. The average molecular weight is 191 g/mol. The first-order valence-electron chi connectivity index (χ1n) is 3.75. The summed E-state index contributed by atoms with van der Waals surface area (Å²) >= 11 is -1.02. The molecule has 0 N–H and O–H groups in total. The van der Waals surface area contributed by atoms with Crippen molar-refractivity contribution in [1.29, 1.82) is 0 Å². The summed E-state index contributed by atoms with van der Waals surface area (Å²) in [5.41, 5.74) is 0. The molecule has 0 aromatic carbocycles. The topological polar surface area (TPSA) is 49.4 Å². The molecule has 0 spiro atoms. The van der Waals surface area contributed by atoms with Gasteiger partial charge in [-0.05, 0) is 35.8 Å². The highest BCUT2D eigenvalue weighted by molar-refractivity contribution is 7.80. The van der Waals surface area contributed by atoms with Crippen molar-refractivity contribution in [2.75, 3.05) is 6.61 Å². The quantitative estimate of drug-likeness (QED) is 0.410. The Morgan fingerprint density at radius 3 is 2.82 bits per heavy atom. The second-order valence-corrected chi connectivity index (χ2v) is 6.06. The summed E-state index contributed by atoms with van der Waals surface area (Å²) in [7, 11) is 0. The van der Waals surface area contributed by atoms with Gasteiger partial charge in [-0.25, -0.2) is 0 Å². The third kappa shape index (κ3) is 2.27. The maximum Gasteiger partial charge on any atom is 0.258 e. The van der Waals surface area contributed by atoms with Crippen LogP contribution in [0.3, 0.4) is 0 Å². The number of ether oxygens (including phenoxy) is 1. The van der Waals surface area contributed by atoms with Crippen LogP contribution in [-0.2, 0) is 15.8 Å². The van der Waals surface area contributed by atoms with Crippen molar-refractivity contribution < 1.29 is 13.5 Å². The monoisotopic (exact) mass is 191 g/mol. The van der Waals surface area contributed by atoms with Gasteiger partial charge >= 0.3 is 0 Å². The molecule has 3 nitrogen and oxygen atoms in total. The number of hydrogen-bond donors (Lipinski definition) is 0. The molecule has 5 heteroatoms. The molecule has 11 heavy (non-hydrogen) atoms. The lowest BCUT2D eigenvalue weighted by atomic mass is 10.0. The van der Waals surface area contributed by atoms with Crippen molar-refractivity contribution in [3.05, 3.63) is 0 Å². The van der Waals surface area contributed by atoms with Gasteiger partial charge < -0.3 is 9.29 Å². The molecule has 0 aromatic heterocycles. The van der Waals surface area contributed by atoms with Crippen LogP contribution in [0.1, 0.15) is 19.8 Å². The van der Waals surface area contributed by atoms with Gasteiger partial charge in [0.1, 0.15) is 0 Å². The van der Waals surface area contributed by atoms with E-state index in [4.69, 9.17) is 4.74 Å². The van der Waals surface area contributed by atoms with Gasteiger partial charge in [0.25, 0.3) is 16.3 Å². The van der Waals surface area contributed by atoms with Crippen molar-refractivity contribution in [2.45, 2.75) is 29.5 Å². The van der Waals surface area contributed by atoms with Crippen LogP contribution in [0, 0.1) is 0 Å². The van der Waals surface area contributed by atoms with Crippen molar-refractivity contribution >= 4 is 27.4 Å². The first kappa shape index (κ1) is 9.69. The second kappa shape index (κ2) is 3.55. The van der Waals surface area contributed by atoms with E-state index in [1.54, 1.807) is 6.92 Å². The lowest BCUT2D eigenvalue weighted by Crippen LogP contribution is -2.41. The minimum atomic E-state index is -1.95. The third-order valence-electron chi connectivity index (χ3n) is 2.15. The molecule has 0 saturated carbocycles. The summed E-state index contributed by atoms with van der Waals surface area (Å²) in [5.74, 6) is 0. The molecule has 0 aliphatic carbocycles. The van der Waals surface area contributed by atoms with Crippen molar-refractivity contribution in [1.82, 2.24) is 0 Å². The van der Waals surface area contributed by atoms with Crippen molar-refractivity contribution in [3.8, 4) is 0 Å². The Hall–Kier alpha value is 0.602. The Morgan fingerprint density at radius 1 is 1.82 bits per heavy atom. The van der Waals surface area contributed by atoms with E-state index in [0.29, 0.717) is 19.4 Å². The molecule has 0 amide bonds. The van der Waals surface area contributed by atoms with E-state index >= 15 is 0 Å². The Kier molecular flexibility index (Phi) is 3.12. The van der Waals surface area contributed by atoms with Crippen LogP contribution in [0.25, 0.3) is 0 Å². The highest BCUT2D eigenvalue weighted by Crippen LogP contribution is 2.27. The molecule has 0 radical (unpaired) electrons. The first-order chi connectivity index (χ1) is 5.04. The maximum absolute atomic E-state index is 10.8. The summed E-state index contributed by atoms with van der Waals surface area (Å²) in [6.07, 6.45) is 1.32. The molecule has 1 saturated heterocycles. The standard InChI is InChI=1S/C6H11O3S.Al.2H/c1-6(10(7)8)2-4-9-5-3-6;;;/h4H,2-3,5H2,1H3,(H,7,8);;;/p-1. The lowest BCUT2D eigenvalue weighted by molar-refractivity contribution is 0.0503. The van der Waals surface area contributed by atoms with Crippen LogP contribution >= 0.6 is 0 Å². The number of rotatable bonds is 1. The first-order valence-corrected chi connectivity index (χ1v) is 5.98. The van der Waals surface area contributed by atoms with Crippen molar-refractivity contribution in [2.24, 2.45) is 0 Å². The second-order valence-electron chi connectivity index (χ2n) is 3.32. The normalized spacial score (nSPS) is 41.8. The lowest BCUT2D eigenvalue weighted by Gasteiger charge is -2.38. The fraction of sp³-hybridized carbons (Fsp3) is 1.00. The van der Waals surface area contributed by atoms with Gasteiger partial charge in [-0.2, -0.15) is 0 Å². The predicted molar refractivity (Wildman–Crippen MR) is 44.8 cm³/mol. The van der Waals surface area contributed by atoms with E-state index in [1.165, 1.54) is 0 Å². The van der Waals surface area contributed by atoms with Gasteiger partial charge in [-0.1, -0.05) is 0 Å². The summed E-state index contributed by atoms with van der Waals surface area (Å²) in [5, 5.41) is 0. The van der Waals surface area contributed by atoms with Crippen LogP contribution < -0.4 is 0 Å². The summed E-state index contributed by atoms with van der Waals surface area (Å²) in [4.78, 5) is 0.214. The van der Waals surface area contributed by atoms with Crippen LogP contribution in [0.2, 0.25) is 0 Å². The van der Waals surface area contributed by atoms with Crippen LogP contribution in [-0.4, -0.2) is 41.4 Å². The molecule has 3 atom stereocenters. The molecule has 1 aliphatic rings. The van der Waals surface area contributed by atoms with Crippen LogP contribution in [0.4, 0.5) is 0 Å². The van der Waals surface area contributed by atoms with Gasteiger partial charge in [0.2, 0.25) is 0 Å². The van der Waals surface area contributed by atoms with Crippen LogP contribution in [0.5, 0.6) is 0 Å². The average Bonchev–Trinajstić information content (AvgIpc) is 1.86. The maximum atomic E-state index is 10.8. The summed E-state index contributed by atoms with van der Waals surface area (Å²) in [6, 6.07) is 0. The Morgan fingerprint density at radius 2 is 2.45 bits per heavy atom. The number of hydrogen-bond acceptors (Lipinski definition) is 3. The molecule has 64 valence electrons. The fourth-order valence-corrected chi connectivity index (χ4v) is 3.45. The zero-order valence-electron chi connectivity index (χ0n) is 6.83. The SMILES string of the molecule is CC1(S(=O)[O-])CCO[CH]([AlH2])C1. The molecule has 0 aromatic rings. The van der Waals surface area contributed by atoms with E-state index in [-0.39, 0.29) is 4.97 Å². The van der Waals surface area contributed by atoms with E-state index in [2.05, 4.69) is 0 Å². The highest BCUT2D eigenvalue weighted by atomic mass is 32.2. The van der Waals surface area contributed by atoms with Gasteiger partial charge in [0, 0.05) is 11.4 Å². The van der Waals surface area contributed by atoms with E-state index in [1.807, 2.05) is 0 Å². The molecular formula is C6H12AlO3S-. The predicted octanol–water partition coefficient (Wildman–Crippen LogP) is -0.606. The third-order valence-corrected chi connectivity index (χ3v) is 4.07. The zero-order chi connectivity index (χ0) is 8.48. The van der Waals surface area contributed by atoms with Crippen LogP contribution in [0.15, 0.2) is 0 Å². The molecule has 0 bridgehead atoms. The Bertz CT molecular complexity index is 175. The Labute approximate surface area is 77.2 Å². The Balaban J connectivity index is 2.63. The van der Waals surface area contributed by atoms with E-state index in [0.717, 1.165) is 16.3 Å². The van der Waals surface area contributed by atoms with Gasteiger partial charge in [-0.3, -0.25) is 4.21 Å². The fourth-order valence-electron chi connectivity index (χ4n) is 1.40. The summed E-state index contributed by atoms with van der Waals surface area (Å²) in [6.45, 7) is 2.39. The molecule has 1 rings (SSSR count). The molecular weight excluding hydrogens is 179 g/mol. The van der Waals surface area contributed by atoms with Crippen molar-refractivity contribution in [3.63, 3.8) is 0 Å². The van der Waals surface area contributed by atoms with Gasteiger partial charge in [-0.15, -0.1) is 0 Å². The molecule has 3 unspecified atom stereocenters. The minimum Gasteiger partial charge on any atom is -0.772 e. The van der Waals surface area contributed by atoms with E-state index in [9.17, 15) is 8.76 Å². The minimum absolute atomic E-state index is 0.214. The highest BCUT2D eigenvalue weighted by Gasteiger charge is 2.31. The zero-order valence-corrected chi connectivity index (χ0v) is 9.65. The molecule has 1 heterocycles.